The number of hydrogen-bond donors (Lipinski definition) is 1. The van der Waals surface area contributed by atoms with Crippen molar-refractivity contribution in [2.24, 2.45) is 0 Å². The van der Waals surface area contributed by atoms with Gasteiger partial charge in [-0.15, -0.1) is 0 Å². The van der Waals surface area contributed by atoms with E-state index in [1.54, 1.807) is 12.1 Å². The Morgan fingerprint density at radius 2 is 1.00 bits per heavy atom. The zero-order valence-corrected chi connectivity index (χ0v) is 23.9. The van der Waals surface area contributed by atoms with Gasteiger partial charge in [-0.2, -0.15) is 0 Å². The molecule has 0 fully saturated rings. The Labute approximate surface area is 235 Å². The highest BCUT2D eigenvalue weighted by Gasteiger charge is 2.13. The summed E-state index contributed by atoms with van der Waals surface area (Å²) < 4.78 is 11.9. The van der Waals surface area contributed by atoms with Crippen LogP contribution in [0.1, 0.15) is 101 Å². The Morgan fingerprint density at radius 1 is 0.564 bits per heavy atom. The summed E-state index contributed by atoms with van der Waals surface area (Å²) in [6, 6.07) is 21.4. The third-order valence-corrected chi connectivity index (χ3v) is 7.13. The van der Waals surface area contributed by atoms with Crippen LogP contribution in [0.5, 0.6) is 11.5 Å². The predicted octanol–water partition coefficient (Wildman–Crippen LogP) is 10.2. The molecule has 4 heteroatoms. The molecule has 0 heterocycles. The normalized spacial score (nSPS) is 10.9. The van der Waals surface area contributed by atoms with Crippen LogP contribution in [0.3, 0.4) is 0 Å². The molecule has 3 aromatic carbocycles. The van der Waals surface area contributed by atoms with Crippen molar-refractivity contribution < 1.29 is 19.4 Å². The fourth-order valence-corrected chi connectivity index (χ4v) is 4.77. The average Bonchev–Trinajstić information content (AvgIpc) is 2.96. The molecule has 0 aromatic heterocycles. The van der Waals surface area contributed by atoms with Crippen LogP contribution >= 0.6 is 0 Å². The van der Waals surface area contributed by atoms with Crippen LogP contribution in [0.4, 0.5) is 0 Å². The van der Waals surface area contributed by atoms with Gasteiger partial charge in [0.1, 0.15) is 11.5 Å². The van der Waals surface area contributed by atoms with E-state index in [1.807, 2.05) is 54.6 Å². The number of rotatable bonds is 19. The number of carboxylic acids is 1. The Hall–Kier alpha value is -3.27. The highest BCUT2D eigenvalue weighted by molar-refractivity contribution is 5.93. The minimum atomic E-state index is -0.930. The minimum Gasteiger partial charge on any atom is -0.494 e. The molecule has 0 spiro atoms. The highest BCUT2D eigenvalue weighted by Crippen LogP contribution is 2.35. The van der Waals surface area contributed by atoms with Gasteiger partial charge in [0.15, 0.2) is 0 Å². The molecular formula is C35H46O4. The van der Waals surface area contributed by atoms with Crippen molar-refractivity contribution in [3.05, 3.63) is 72.3 Å². The summed E-state index contributed by atoms with van der Waals surface area (Å²) >= 11 is 0. The molecule has 0 saturated heterocycles. The van der Waals surface area contributed by atoms with Gasteiger partial charge in [-0.25, -0.2) is 4.79 Å². The van der Waals surface area contributed by atoms with Gasteiger partial charge in [0.2, 0.25) is 0 Å². The third kappa shape index (κ3) is 10.4. The summed E-state index contributed by atoms with van der Waals surface area (Å²) in [4.78, 5) is 11.7. The zero-order valence-electron chi connectivity index (χ0n) is 23.9. The molecule has 0 unspecified atom stereocenters. The maximum Gasteiger partial charge on any atom is 0.335 e. The van der Waals surface area contributed by atoms with E-state index in [0.29, 0.717) is 0 Å². The Balaban J connectivity index is 1.63. The van der Waals surface area contributed by atoms with Gasteiger partial charge in [-0.05, 0) is 71.5 Å². The smallest absolute Gasteiger partial charge is 0.335 e. The second-order valence-corrected chi connectivity index (χ2v) is 10.3. The lowest BCUT2D eigenvalue weighted by Crippen LogP contribution is -1.99. The molecule has 0 aliphatic rings. The summed E-state index contributed by atoms with van der Waals surface area (Å²) in [5, 5.41) is 9.61. The molecule has 4 nitrogen and oxygen atoms in total. The van der Waals surface area contributed by atoms with Gasteiger partial charge < -0.3 is 14.6 Å². The lowest BCUT2D eigenvalue weighted by atomic mass is 9.92. The monoisotopic (exact) mass is 530 g/mol. The van der Waals surface area contributed by atoms with Crippen molar-refractivity contribution in [2.45, 2.75) is 90.9 Å². The zero-order chi connectivity index (χ0) is 27.7. The van der Waals surface area contributed by atoms with Crippen molar-refractivity contribution >= 4 is 5.97 Å². The summed E-state index contributed by atoms with van der Waals surface area (Å²) in [5.74, 6) is 0.776. The van der Waals surface area contributed by atoms with Crippen molar-refractivity contribution in [3.8, 4) is 33.8 Å². The molecule has 0 atom stereocenters. The molecule has 0 aliphatic heterocycles. The van der Waals surface area contributed by atoms with Crippen LogP contribution in [-0.2, 0) is 0 Å². The second-order valence-electron chi connectivity index (χ2n) is 10.3. The Kier molecular flexibility index (Phi) is 13.5. The van der Waals surface area contributed by atoms with E-state index < -0.39 is 5.97 Å². The van der Waals surface area contributed by atoms with Crippen LogP contribution < -0.4 is 9.47 Å². The van der Waals surface area contributed by atoms with Crippen LogP contribution in [0.15, 0.2) is 66.7 Å². The highest BCUT2D eigenvalue weighted by atomic mass is 16.5. The fourth-order valence-electron chi connectivity index (χ4n) is 4.77. The van der Waals surface area contributed by atoms with Crippen molar-refractivity contribution in [1.82, 2.24) is 0 Å². The van der Waals surface area contributed by atoms with Crippen LogP contribution in [-0.4, -0.2) is 24.3 Å². The van der Waals surface area contributed by atoms with Gasteiger partial charge in [0.05, 0.1) is 18.8 Å². The number of hydrogen-bond acceptors (Lipinski definition) is 3. The molecule has 0 bridgehead atoms. The maximum atomic E-state index is 11.7. The van der Waals surface area contributed by atoms with Crippen molar-refractivity contribution in [3.63, 3.8) is 0 Å². The molecular weight excluding hydrogens is 484 g/mol. The predicted molar refractivity (Wildman–Crippen MR) is 162 cm³/mol. The largest absolute Gasteiger partial charge is 0.494 e. The Bertz CT molecular complexity index is 1100. The van der Waals surface area contributed by atoms with Gasteiger partial charge in [0, 0.05) is 0 Å². The first-order chi connectivity index (χ1) is 19.1. The van der Waals surface area contributed by atoms with E-state index in [0.717, 1.165) is 59.8 Å². The van der Waals surface area contributed by atoms with Crippen LogP contribution in [0.25, 0.3) is 22.3 Å². The lowest BCUT2D eigenvalue weighted by Gasteiger charge is -2.13. The third-order valence-electron chi connectivity index (χ3n) is 7.13. The first-order valence-corrected chi connectivity index (χ1v) is 15.0. The van der Waals surface area contributed by atoms with Gasteiger partial charge in [0.25, 0.3) is 0 Å². The van der Waals surface area contributed by atoms with Crippen molar-refractivity contribution in [1.29, 1.82) is 0 Å². The molecule has 3 aromatic rings. The molecule has 0 aliphatic carbocycles. The first kappa shape index (κ1) is 30.3. The molecule has 0 saturated carbocycles. The van der Waals surface area contributed by atoms with Gasteiger partial charge in [-0.1, -0.05) is 108 Å². The van der Waals surface area contributed by atoms with Crippen molar-refractivity contribution in [2.75, 3.05) is 13.2 Å². The maximum absolute atomic E-state index is 11.7. The lowest BCUT2D eigenvalue weighted by molar-refractivity contribution is 0.0697. The van der Waals surface area contributed by atoms with E-state index in [9.17, 15) is 9.90 Å². The summed E-state index contributed by atoms with van der Waals surface area (Å²) in [7, 11) is 0. The van der Waals surface area contributed by atoms with E-state index >= 15 is 0 Å². The van der Waals surface area contributed by atoms with E-state index in [4.69, 9.17) is 9.47 Å². The number of unbranched alkanes of at least 4 members (excludes halogenated alkanes) is 10. The van der Waals surface area contributed by atoms with Gasteiger partial charge in [-0.3, -0.25) is 0 Å². The SMILES string of the molecule is CCCCCCCCOc1ccc(-c2ccc(C(=O)O)cc2-c2ccc(OCCCCCCCC)cc2)cc1. The molecule has 39 heavy (non-hydrogen) atoms. The quantitative estimate of drug-likeness (QED) is 0.157. The fraction of sp³-hybridized carbons (Fsp3) is 0.457. The summed E-state index contributed by atoms with van der Waals surface area (Å²) in [6.45, 7) is 5.92. The Morgan fingerprint density at radius 3 is 1.46 bits per heavy atom. The van der Waals surface area contributed by atoms with E-state index in [1.165, 1.54) is 64.2 Å². The topological polar surface area (TPSA) is 55.8 Å². The minimum absolute atomic E-state index is 0.274. The molecule has 0 radical (unpaired) electrons. The average molecular weight is 531 g/mol. The number of benzene rings is 3. The second kappa shape index (κ2) is 17.3. The molecule has 1 N–H and O–H groups in total. The van der Waals surface area contributed by atoms with Gasteiger partial charge >= 0.3 is 5.97 Å². The summed E-state index contributed by atoms with van der Waals surface area (Å²) in [5.41, 5.74) is 4.14. The molecule has 0 amide bonds. The number of carboxylic acid groups (broad SMARTS) is 1. The van der Waals surface area contributed by atoms with Crippen LogP contribution in [0, 0.1) is 0 Å². The number of aromatic carboxylic acids is 1. The molecule has 210 valence electrons. The summed E-state index contributed by atoms with van der Waals surface area (Å²) in [6.07, 6.45) is 14.9. The van der Waals surface area contributed by atoms with E-state index in [2.05, 4.69) is 13.8 Å². The molecule has 3 rings (SSSR count). The first-order valence-electron chi connectivity index (χ1n) is 15.0. The standard InChI is InChI=1S/C35H46O4/c1-3-5-7-9-11-13-25-38-31-20-15-28(16-21-31)33-24-19-30(35(36)37)27-34(33)29-17-22-32(23-18-29)39-26-14-12-10-8-6-4-2/h15-24,27H,3-14,25-26H2,1-2H3,(H,36,37). The number of carbonyl (C=O) groups is 1. The number of ether oxygens (including phenoxy) is 2. The van der Waals surface area contributed by atoms with E-state index in [-0.39, 0.29) is 5.56 Å². The van der Waals surface area contributed by atoms with Crippen LogP contribution in [0.2, 0.25) is 0 Å².